The number of hydrogen-bond donors (Lipinski definition) is 1. The molecule has 8 heteroatoms. The van der Waals surface area contributed by atoms with E-state index in [1.807, 2.05) is 0 Å². The van der Waals surface area contributed by atoms with Crippen LogP contribution in [-0.4, -0.2) is 53.4 Å². The second-order valence-electron chi connectivity index (χ2n) is 3.20. The van der Waals surface area contributed by atoms with Crippen LogP contribution in [0, 0.1) is 10.1 Å². The molecule has 0 aromatic carbocycles. The van der Waals surface area contributed by atoms with Crippen molar-refractivity contribution in [3.05, 3.63) is 22.5 Å². The lowest BCUT2D eigenvalue weighted by molar-refractivity contribution is -0.385. The van der Waals surface area contributed by atoms with Gasteiger partial charge in [0.1, 0.15) is 12.4 Å². The molecule has 0 aliphatic rings. The van der Waals surface area contributed by atoms with Crippen LogP contribution in [-0.2, 0) is 4.74 Å². The fourth-order valence-corrected chi connectivity index (χ4v) is 1.21. The molecule has 0 saturated carbocycles. The molecule has 0 aliphatic heterocycles. The Hall–Kier alpha value is -1.80. The molecule has 17 heavy (non-hydrogen) atoms. The molecule has 0 amide bonds. The summed E-state index contributed by atoms with van der Waals surface area (Å²) in [5, 5.41) is 19.3. The Morgan fingerprint density at radius 1 is 1.47 bits per heavy atom. The van der Waals surface area contributed by atoms with Crippen LogP contribution >= 0.6 is 0 Å². The molecule has 0 bridgehead atoms. The van der Waals surface area contributed by atoms with E-state index >= 15 is 0 Å². The normalized spacial score (nSPS) is 10.2. The average molecular weight is 242 g/mol. The number of nitrogens with zero attached hydrogens (tertiary/aromatic N) is 4. The minimum Gasteiger partial charge on any atom is -0.395 e. The van der Waals surface area contributed by atoms with Gasteiger partial charge in [-0.05, 0) is 0 Å². The first-order valence-electron chi connectivity index (χ1n) is 5.00. The Morgan fingerprint density at radius 2 is 2.12 bits per heavy atom. The molecule has 1 N–H and O–H groups in total. The van der Waals surface area contributed by atoms with E-state index in [4.69, 9.17) is 9.84 Å². The van der Waals surface area contributed by atoms with E-state index in [0.29, 0.717) is 25.6 Å². The average Bonchev–Trinajstić information content (AvgIpc) is 2.34. The topological polar surface area (TPSA) is 102 Å². The second kappa shape index (κ2) is 6.71. The summed E-state index contributed by atoms with van der Waals surface area (Å²) in [4.78, 5) is 19.3. The van der Waals surface area contributed by atoms with Gasteiger partial charge in [-0.1, -0.05) is 0 Å². The zero-order valence-electron chi connectivity index (χ0n) is 9.44. The Morgan fingerprint density at radius 3 is 2.59 bits per heavy atom. The number of ether oxygens (including phenoxy) is 1. The second-order valence-corrected chi connectivity index (χ2v) is 3.20. The highest BCUT2D eigenvalue weighted by Crippen LogP contribution is 2.11. The van der Waals surface area contributed by atoms with Gasteiger partial charge in [0.15, 0.2) is 0 Å². The van der Waals surface area contributed by atoms with E-state index in [9.17, 15) is 10.1 Å². The highest BCUT2D eigenvalue weighted by atomic mass is 16.6. The van der Waals surface area contributed by atoms with Crippen molar-refractivity contribution in [1.82, 2.24) is 9.97 Å². The van der Waals surface area contributed by atoms with Crippen molar-refractivity contribution in [1.29, 1.82) is 0 Å². The summed E-state index contributed by atoms with van der Waals surface area (Å²) in [7, 11) is 1.56. The zero-order chi connectivity index (χ0) is 12.7. The van der Waals surface area contributed by atoms with Gasteiger partial charge >= 0.3 is 5.69 Å². The molecule has 0 spiro atoms. The van der Waals surface area contributed by atoms with Gasteiger partial charge in [-0.2, -0.15) is 0 Å². The molecule has 0 atom stereocenters. The number of rotatable bonds is 7. The van der Waals surface area contributed by atoms with E-state index in [1.165, 1.54) is 0 Å². The Labute approximate surface area is 98.0 Å². The molecule has 1 heterocycles. The van der Waals surface area contributed by atoms with Gasteiger partial charge in [0.05, 0.1) is 18.1 Å². The maximum absolute atomic E-state index is 10.4. The van der Waals surface area contributed by atoms with Crippen LogP contribution in [0.25, 0.3) is 0 Å². The predicted molar refractivity (Wildman–Crippen MR) is 59.9 cm³/mol. The van der Waals surface area contributed by atoms with Gasteiger partial charge in [0.25, 0.3) is 0 Å². The number of hydrogen-bond acceptors (Lipinski definition) is 7. The lowest BCUT2D eigenvalue weighted by Gasteiger charge is -2.20. The van der Waals surface area contributed by atoms with Gasteiger partial charge < -0.3 is 14.7 Å². The number of aliphatic hydroxyl groups is 1. The predicted octanol–water partition coefficient (Wildman–Crippen LogP) is -0.170. The van der Waals surface area contributed by atoms with Crippen LogP contribution in [0.4, 0.5) is 11.6 Å². The zero-order valence-corrected chi connectivity index (χ0v) is 9.44. The summed E-state index contributed by atoms with van der Waals surface area (Å²) < 4.78 is 4.92. The van der Waals surface area contributed by atoms with Crippen LogP contribution < -0.4 is 4.90 Å². The first kappa shape index (κ1) is 13.3. The number of methoxy groups -OCH3 is 1. The van der Waals surface area contributed by atoms with Gasteiger partial charge in [0, 0.05) is 20.2 Å². The first-order valence-corrected chi connectivity index (χ1v) is 5.00. The van der Waals surface area contributed by atoms with Crippen molar-refractivity contribution in [2.75, 3.05) is 38.3 Å². The molecule has 0 fully saturated rings. The minimum absolute atomic E-state index is 0.0515. The monoisotopic (exact) mass is 242 g/mol. The minimum atomic E-state index is -0.560. The van der Waals surface area contributed by atoms with E-state index < -0.39 is 4.92 Å². The van der Waals surface area contributed by atoms with Crippen LogP contribution in [0.1, 0.15) is 0 Å². The summed E-state index contributed by atoms with van der Waals surface area (Å²) >= 11 is 0. The van der Waals surface area contributed by atoms with Crippen LogP contribution in [0.2, 0.25) is 0 Å². The number of nitro groups is 1. The summed E-state index contributed by atoms with van der Waals surface area (Å²) in [5.41, 5.74) is -0.163. The van der Waals surface area contributed by atoms with Crippen LogP contribution in [0.3, 0.4) is 0 Å². The standard InChI is InChI=1S/C9H14N4O4/c1-17-5-3-12(2-4-14)9-10-6-8(7-11-9)13(15)16/h6-7,14H,2-5H2,1H3. The van der Waals surface area contributed by atoms with Crippen molar-refractivity contribution < 1.29 is 14.8 Å². The molecular weight excluding hydrogens is 228 g/mol. The molecule has 0 saturated heterocycles. The third kappa shape index (κ3) is 3.93. The highest BCUT2D eigenvalue weighted by Gasteiger charge is 2.11. The Kier molecular flexibility index (Phi) is 5.24. The van der Waals surface area contributed by atoms with E-state index in [0.717, 1.165) is 12.4 Å². The van der Waals surface area contributed by atoms with Gasteiger partial charge in [-0.3, -0.25) is 10.1 Å². The first-order chi connectivity index (χ1) is 8.19. The van der Waals surface area contributed by atoms with Gasteiger partial charge in [0.2, 0.25) is 5.95 Å². The molecule has 8 nitrogen and oxygen atoms in total. The summed E-state index contributed by atoms with van der Waals surface area (Å²) in [6.07, 6.45) is 2.28. The summed E-state index contributed by atoms with van der Waals surface area (Å²) in [6.45, 7) is 1.26. The maximum atomic E-state index is 10.4. The number of anilines is 1. The number of aliphatic hydroxyl groups excluding tert-OH is 1. The van der Waals surface area contributed by atoms with E-state index in [2.05, 4.69) is 9.97 Å². The highest BCUT2D eigenvalue weighted by molar-refractivity contribution is 5.33. The molecule has 0 unspecified atom stereocenters. The molecule has 1 aromatic heterocycles. The van der Waals surface area contributed by atoms with E-state index in [1.54, 1.807) is 12.0 Å². The molecule has 1 rings (SSSR count). The van der Waals surface area contributed by atoms with Crippen molar-refractivity contribution in [3.63, 3.8) is 0 Å². The third-order valence-electron chi connectivity index (χ3n) is 2.05. The molecule has 94 valence electrons. The smallest absolute Gasteiger partial charge is 0.305 e. The van der Waals surface area contributed by atoms with Crippen LogP contribution in [0.5, 0.6) is 0 Å². The molecular formula is C9H14N4O4. The van der Waals surface area contributed by atoms with Crippen molar-refractivity contribution in [2.24, 2.45) is 0 Å². The fourth-order valence-electron chi connectivity index (χ4n) is 1.21. The summed E-state index contributed by atoms with van der Waals surface area (Å²) in [6, 6.07) is 0. The van der Waals surface area contributed by atoms with Crippen molar-refractivity contribution in [3.8, 4) is 0 Å². The van der Waals surface area contributed by atoms with Gasteiger partial charge in [-0.15, -0.1) is 0 Å². The van der Waals surface area contributed by atoms with Gasteiger partial charge in [-0.25, -0.2) is 9.97 Å². The Bertz CT molecular complexity index is 357. The SMILES string of the molecule is COCCN(CCO)c1ncc([N+](=O)[O-])cn1. The van der Waals surface area contributed by atoms with E-state index in [-0.39, 0.29) is 12.3 Å². The number of aromatic nitrogens is 2. The molecule has 1 aromatic rings. The Balaban J connectivity index is 2.75. The summed E-state index contributed by atoms with van der Waals surface area (Å²) in [5.74, 6) is 0.335. The maximum Gasteiger partial charge on any atom is 0.305 e. The van der Waals surface area contributed by atoms with Crippen molar-refractivity contribution >= 4 is 11.6 Å². The van der Waals surface area contributed by atoms with Crippen molar-refractivity contribution in [2.45, 2.75) is 0 Å². The fraction of sp³-hybridized carbons (Fsp3) is 0.556. The molecule has 0 radical (unpaired) electrons. The largest absolute Gasteiger partial charge is 0.395 e. The lowest BCUT2D eigenvalue weighted by atomic mass is 10.5. The quantitative estimate of drug-likeness (QED) is 0.523. The molecule has 0 aliphatic carbocycles. The lowest BCUT2D eigenvalue weighted by Crippen LogP contribution is -2.31. The third-order valence-corrected chi connectivity index (χ3v) is 2.05. The van der Waals surface area contributed by atoms with Crippen LogP contribution in [0.15, 0.2) is 12.4 Å².